The topological polar surface area (TPSA) is 35.6 Å². The Morgan fingerprint density at radius 1 is 0.333 bits per heavy atom. The molecule has 2 aromatic heterocycles. The van der Waals surface area contributed by atoms with Gasteiger partial charge in [0.15, 0.2) is 11.6 Å². The van der Waals surface area contributed by atoms with Crippen LogP contribution in [0.5, 0.6) is 0 Å². The van der Waals surface area contributed by atoms with Crippen molar-refractivity contribution < 1.29 is 0 Å². The van der Waals surface area contributed by atoms with Gasteiger partial charge in [-0.3, -0.25) is 4.57 Å². The molecule has 4 nitrogen and oxygen atoms in total. The van der Waals surface area contributed by atoms with Crippen molar-refractivity contribution in [2.75, 3.05) is 0 Å². The predicted octanol–water partition coefficient (Wildman–Crippen LogP) is 9.37. The molecule has 0 atom stereocenters. The summed E-state index contributed by atoms with van der Waals surface area (Å²) in [4.78, 5) is 0. The molecule has 0 spiro atoms. The molecule has 6 aromatic carbocycles. The van der Waals surface area contributed by atoms with Crippen molar-refractivity contribution in [2.24, 2.45) is 0 Å². The molecule has 0 aliphatic carbocycles. The maximum Gasteiger partial charge on any atom is 0.169 e. The van der Waals surface area contributed by atoms with Gasteiger partial charge in [-0.25, -0.2) is 0 Å². The van der Waals surface area contributed by atoms with Gasteiger partial charge in [-0.1, -0.05) is 121 Å². The highest BCUT2D eigenvalue weighted by Gasteiger charge is 2.20. The zero-order valence-corrected chi connectivity index (χ0v) is 22.8. The third kappa shape index (κ3) is 3.93. The Balaban J connectivity index is 1.32. The van der Waals surface area contributed by atoms with Gasteiger partial charge in [-0.15, -0.1) is 10.2 Å². The molecular formula is C38H26N4. The fourth-order valence-corrected chi connectivity index (χ4v) is 5.98. The largest absolute Gasteiger partial charge is 0.309 e. The minimum absolute atomic E-state index is 0.804. The molecule has 8 aromatic rings. The molecule has 42 heavy (non-hydrogen) atoms. The maximum atomic E-state index is 4.79. The second-order valence-corrected chi connectivity index (χ2v) is 10.3. The maximum absolute atomic E-state index is 4.79. The smallest absolute Gasteiger partial charge is 0.169 e. The van der Waals surface area contributed by atoms with E-state index in [1.807, 2.05) is 24.3 Å². The fraction of sp³-hybridized carbons (Fsp3) is 0. The van der Waals surface area contributed by atoms with E-state index < -0.39 is 0 Å². The Morgan fingerprint density at radius 2 is 0.786 bits per heavy atom. The van der Waals surface area contributed by atoms with Crippen molar-refractivity contribution in [3.05, 3.63) is 158 Å². The first-order valence-electron chi connectivity index (χ1n) is 14.1. The summed E-state index contributed by atoms with van der Waals surface area (Å²) in [6.45, 7) is 0. The molecule has 0 aliphatic heterocycles. The summed E-state index contributed by atoms with van der Waals surface area (Å²) in [5.74, 6) is 1.61. The van der Waals surface area contributed by atoms with Crippen LogP contribution >= 0.6 is 0 Å². The van der Waals surface area contributed by atoms with E-state index in [1.54, 1.807) is 0 Å². The lowest BCUT2D eigenvalue weighted by Gasteiger charge is -2.15. The van der Waals surface area contributed by atoms with Crippen LogP contribution in [0, 0.1) is 0 Å². The van der Waals surface area contributed by atoms with Gasteiger partial charge in [0.25, 0.3) is 0 Å². The van der Waals surface area contributed by atoms with E-state index in [0.29, 0.717) is 0 Å². The lowest BCUT2D eigenvalue weighted by Crippen LogP contribution is -2.02. The second-order valence-electron chi connectivity index (χ2n) is 10.3. The fourth-order valence-electron chi connectivity index (χ4n) is 5.98. The van der Waals surface area contributed by atoms with E-state index in [0.717, 1.165) is 45.3 Å². The molecule has 0 fully saturated rings. The van der Waals surface area contributed by atoms with Gasteiger partial charge in [0.2, 0.25) is 0 Å². The van der Waals surface area contributed by atoms with Gasteiger partial charge in [0.05, 0.1) is 11.0 Å². The Morgan fingerprint density at radius 3 is 1.40 bits per heavy atom. The summed E-state index contributed by atoms with van der Waals surface area (Å²) in [6, 6.07) is 55.1. The first-order chi connectivity index (χ1) is 20.9. The first kappa shape index (κ1) is 24.1. The number of hydrogen-bond acceptors (Lipinski definition) is 2. The monoisotopic (exact) mass is 538 g/mol. The van der Waals surface area contributed by atoms with Crippen molar-refractivity contribution in [2.45, 2.75) is 0 Å². The van der Waals surface area contributed by atoms with Crippen LogP contribution < -0.4 is 0 Å². The molecule has 0 amide bonds. The molecule has 0 aliphatic rings. The van der Waals surface area contributed by atoms with Crippen LogP contribution in [-0.4, -0.2) is 19.3 Å². The van der Waals surface area contributed by atoms with Crippen LogP contribution in [0.3, 0.4) is 0 Å². The molecule has 0 unspecified atom stereocenters. The third-order valence-corrected chi connectivity index (χ3v) is 7.89. The predicted molar refractivity (Wildman–Crippen MR) is 172 cm³/mol. The molecule has 0 saturated carbocycles. The zero-order chi connectivity index (χ0) is 27.9. The van der Waals surface area contributed by atoms with Crippen molar-refractivity contribution in [3.63, 3.8) is 0 Å². The molecule has 8 rings (SSSR count). The van der Waals surface area contributed by atoms with E-state index >= 15 is 0 Å². The van der Waals surface area contributed by atoms with Crippen LogP contribution in [0.2, 0.25) is 0 Å². The molecule has 0 radical (unpaired) electrons. The van der Waals surface area contributed by atoms with Crippen molar-refractivity contribution in [3.8, 4) is 45.3 Å². The molecule has 0 bridgehead atoms. The first-order valence-corrected chi connectivity index (χ1v) is 14.1. The number of nitrogens with zero attached hydrogens (tertiary/aromatic N) is 4. The number of benzene rings is 6. The second kappa shape index (κ2) is 10.0. The van der Waals surface area contributed by atoms with Gasteiger partial charge in [-0.2, -0.15) is 0 Å². The van der Waals surface area contributed by atoms with Crippen LogP contribution in [0.25, 0.3) is 67.1 Å². The van der Waals surface area contributed by atoms with Crippen molar-refractivity contribution >= 4 is 21.8 Å². The summed E-state index contributed by atoms with van der Waals surface area (Å²) in [7, 11) is 0. The van der Waals surface area contributed by atoms with E-state index in [-0.39, 0.29) is 0 Å². The van der Waals surface area contributed by atoms with E-state index in [2.05, 4.69) is 143 Å². The average Bonchev–Trinajstić information content (AvgIpc) is 3.66. The van der Waals surface area contributed by atoms with E-state index in [4.69, 9.17) is 10.2 Å². The average molecular weight is 539 g/mol. The molecular weight excluding hydrogens is 512 g/mol. The molecule has 4 heteroatoms. The molecule has 198 valence electrons. The number of rotatable bonds is 5. The highest BCUT2D eigenvalue weighted by Crippen LogP contribution is 2.36. The minimum Gasteiger partial charge on any atom is -0.309 e. The lowest BCUT2D eigenvalue weighted by molar-refractivity contribution is 1.07. The van der Waals surface area contributed by atoms with Gasteiger partial charge >= 0.3 is 0 Å². The lowest BCUT2D eigenvalue weighted by atomic mass is 9.99. The molecule has 0 saturated heterocycles. The number of aromatic nitrogens is 4. The number of hydrogen-bond donors (Lipinski definition) is 0. The summed E-state index contributed by atoms with van der Waals surface area (Å²) >= 11 is 0. The number of para-hydroxylation sites is 2. The summed E-state index contributed by atoms with van der Waals surface area (Å²) in [5, 5.41) is 12.0. The van der Waals surface area contributed by atoms with Crippen LogP contribution in [0.4, 0.5) is 0 Å². The SMILES string of the molecule is c1ccc(-c2ccccc2-c2nnc(-c3ccccc3)n2-c2ccc(-n3c4ccccc4c4ccccc43)cc2)cc1. The number of fused-ring (bicyclic) bond motifs is 3. The van der Waals surface area contributed by atoms with Gasteiger partial charge < -0.3 is 4.57 Å². The Kier molecular flexibility index (Phi) is 5.75. The van der Waals surface area contributed by atoms with Crippen LogP contribution in [0.1, 0.15) is 0 Å². The standard InChI is InChI=1S/C38H26N4/c1-3-13-27(14-4-1)31-17-7-8-20-34(31)38-40-39-37(28-15-5-2-6-16-28)42(38)30-25-23-29(24-26-30)41-35-21-11-9-18-32(35)33-19-10-12-22-36(33)41/h1-26H. The highest BCUT2D eigenvalue weighted by molar-refractivity contribution is 6.09. The Bertz CT molecular complexity index is 2120. The quantitative estimate of drug-likeness (QED) is 0.219. The van der Waals surface area contributed by atoms with Crippen LogP contribution in [-0.2, 0) is 0 Å². The van der Waals surface area contributed by atoms with Gasteiger partial charge in [0.1, 0.15) is 0 Å². The van der Waals surface area contributed by atoms with E-state index in [9.17, 15) is 0 Å². The normalized spacial score (nSPS) is 11.3. The highest BCUT2D eigenvalue weighted by atomic mass is 15.3. The van der Waals surface area contributed by atoms with Gasteiger partial charge in [0, 0.05) is 33.3 Å². The minimum atomic E-state index is 0.804. The van der Waals surface area contributed by atoms with Gasteiger partial charge in [-0.05, 0) is 47.5 Å². The Labute approximate surface area is 243 Å². The molecule has 0 N–H and O–H groups in total. The Hall–Kier alpha value is -5.74. The zero-order valence-electron chi connectivity index (χ0n) is 22.8. The third-order valence-electron chi connectivity index (χ3n) is 7.89. The summed E-state index contributed by atoms with van der Waals surface area (Å²) < 4.78 is 4.51. The molecule has 2 heterocycles. The van der Waals surface area contributed by atoms with Crippen molar-refractivity contribution in [1.29, 1.82) is 0 Å². The van der Waals surface area contributed by atoms with E-state index in [1.165, 1.54) is 21.8 Å². The van der Waals surface area contributed by atoms with Crippen molar-refractivity contribution in [1.82, 2.24) is 19.3 Å². The summed E-state index contributed by atoms with van der Waals surface area (Å²) in [6.07, 6.45) is 0. The summed E-state index contributed by atoms with van der Waals surface area (Å²) in [5.41, 5.74) is 8.80. The van der Waals surface area contributed by atoms with Crippen LogP contribution in [0.15, 0.2) is 158 Å².